The quantitative estimate of drug-likeness (QED) is 0.466. The highest BCUT2D eigenvalue weighted by atomic mass is 35.5. The Labute approximate surface area is 184 Å². The fraction of sp³-hybridized carbons (Fsp3) is 0.333. The Morgan fingerprint density at radius 1 is 1.20 bits per heavy atom. The zero-order valence-corrected chi connectivity index (χ0v) is 18.1. The molecule has 3 aromatic rings. The smallest absolute Gasteiger partial charge is 0.232 e. The van der Waals surface area contributed by atoms with Crippen LogP contribution in [-0.4, -0.2) is 56.5 Å². The predicted molar refractivity (Wildman–Crippen MR) is 117 cm³/mol. The lowest BCUT2D eigenvalue weighted by Crippen LogP contribution is -2.32. The van der Waals surface area contributed by atoms with Crippen LogP contribution in [0.1, 0.15) is 18.9 Å². The Kier molecular flexibility index (Phi) is 6.54. The van der Waals surface area contributed by atoms with Gasteiger partial charge in [-0.3, -0.25) is 14.3 Å². The number of ether oxygens (including phenoxy) is 1. The molecule has 0 atom stereocenters. The van der Waals surface area contributed by atoms with E-state index in [-0.39, 0.29) is 5.91 Å². The molecule has 0 aliphatic heterocycles. The maximum absolute atomic E-state index is 12.5. The van der Waals surface area contributed by atoms with E-state index in [0.717, 1.165) is 35.1 Å². The molecule has 0 N–H and O–H groups in total. The standard InChI is InChI=1S/C21H22ClN5O2S/c1-26(12-13-29-18-6-2-16(22)3-7-18)19(28)14-30-21-25-24-20(27(21)17-4-5-17)15-8-10-23-11-9-15/h2-3,6-11,17H,4-5,12-14H2,1H3. The van der Waals surface area contributed by atoms with Crippen LogP contribution < -0.4 is 4.74 Å². The fourth-order valence-electron chi connectivity index (χ4n) is 2.93. The van der Waals surface area contributed by atoms with Crippen molar-refractivity contribution in [1.29, 1.82) is 0 Å². The molecule has 2 heterocycles. The van der Waals surface area contributed by atoms with Crippen molar-refractivity contribution < 1.29 is 9.53 Å². The van der Waals surface area contributed by atoms with Crippen LogP contribution in [0.25, 0.3) is 11.4 Å². The van der Waals surface area contributed by atoms with E-state index in [0.29, 0.717) is 30.0 Å². The van der Waals surface area contributed by atoms with E-state index in [9.17, 15) is 4.79 Å². The van der Waals surface area contributed by atoms with Crippen molar-refractivity contribution in [3.8, 4) is 17.1 Å². The van der Waals surface area contributed by atoms with Crippen LogP contribution in [0.4, 0.5) is 0 Å². The lowest BCUT2D eigenvalue weighted by Gasteiger charge is -2.17. The molecule has 0 unspecified atom stereocenters. The Hall–Kier alpha value is -2.58. The molecule has 2 aromatic heterocycles. The first-order valence-electron chi connectivity index (χ1n) is 9.72. The van der Waals surface area contributed by atoms with Gasteiger partial charge in [-0.25, -0.2) is 0 Å². The number of benzene rings is 1. The molecule has 1 fully saturated rings. The fourth-order valence-corrected chi connectivity index (χ4v) is 4.00. The van der Waals surface area contributed by atoms with Crippen LogP contribution in [-0.2, 0) is 4.79 Å². The molecule has 0 spiro atoms. The van der Waals surface area contributed by atoms with Gasteiger partial charge in [-0.1, -0.05) is 23.4 Å². The van der Waals surface area contributed by atoms with E-state index in [1.54, 1.807) is 36.5 Å². The summed E-state index contributed by atoms with van der Waals surface area (Å²) in [6.07, 6.45) is 5.72. The van der Waals surface area contributed by atoms with Crippen LogP contribution in [0, 0.1) is 0 Å². The molecule has 0 radical (unpaired) electrons. The SMILES string of the molecule is CN(CCOc1ccc(Cl)cc1)C(=O)CSc1nnc(-c2ccncc2)n1C1CC1. The molecule has 0 saturated heterocycles. The van der Waals surface area contributed by atoms with Crippen LogP contribution >= 0.6 is 23.4 Å². The van der Waals surface area contributed by atoms with Crippen LogP contribution in [0.5, 0.6) is 5.75 Å². The van der Waals surface area contributed by atoms with Gasteiger partial charge in [0.05, 0.1) is 12.3 Å². The number of aromatic nitrogens is 4. The van der Waals surface area contributed by atoms with E-state index < -0.39 is 0 Å². The molecule has 0 bridgehead atoms. The van der Waals surface area contributed by atoms with Gasteiger partial charge in [0.25, 0.3) is 0 Å². The molecule has 30 heavy (non-hydrogen) atoms. The van der Waals surface area contributed by atoms with Gasteiger partial charge in [0.15, 0.2) is 11.0 Å². The summed E-state index contributed by atoms with van der Waals surface area (Å²) in [5.41, 5.74) is 0.985. The number of hydrogen-bond acceptors (Lipinski definition) is 6. The average Bonchev–Trinajstić information content (AvgIpc) is 3.52. The Morgan fingerprint density at radius 2 is 1.93 bits per heavy atom. The number of nitrogens with zero attached hydrogens (tertiary/aromatic N) is 5. The van der Waals surface area contributed by atoms with Gasteiger partial charge in [0.1, 0.15) is 12.4 Å². The summed E-state index contributed by atoms with van der Waals surface area (Å²) < 4.78 is 7.81. The second-order valence-corrected chi connectivity index (χ2v) is 8.43. The summed E-state index contributed by atoms with van der Waals surface area (Å²) in [7, 11) is 1.78. The van der Waals surface area contributed by atoms with Crippen molar-refractivity contribution in [3.63, 3.8) is 0 Å². The van der Waals surface area contributed by atoms with E-state index in [2.05, 4.69) is 19.7 Å². The number of halogens is 1. The minimum atomic E-state index is 0.0236. The van der Waals surface area contributed by atoms with Gasteiger partial charge in [0.2, 0.25) is 5.91 Å². The number of pyridine rings is 1. The minimum absolute atomic E-state index is 0.0236. The number of hydrogen-bond donors (Lipinski definition) is 0. The van der Waals surface area contributed by atoms with E-state index >= 15 is 0 Å². The molecule has 156 valence electrons. The summed E-state index contributed by atoms with van der Waals surface area (Å²) >= 11 is 7.29. The Balaban J connectivity index is 1.31. The van der Waals surface area contributed by atoms with Crippen molar-refractivity contribution in [2.24, 2.45) is 0 Å². The highest BCUT2D eigenvalue weighted by molar-refractivity contribution is 7.99. The molecular formula is C21H22ClN5O2S. The second kappa shape index (κ2) is 9.49. The largest absolute Gasteiger partial charge is 0.492 e. The molecule has 9 heteroatoms. The Morgan fingerprint density at radius 3 is 2.63 bits per heavy atom. The maximum atomic E-state index is 12.5. The summed E-state index contributed by atoms with van der Waals surface area (Å²) in [5, 5.41) is 10.2. The molecule has 1 aliphatic rings. The molecule has 1 aromatic carbocycles. The Bertz CT molecular complexity index is 992. The molecule has 4 rings (SSSR count). The van der Waals surface area contributed by atoms with Crippen LogP contribution in [0.2, 0.25) is 5.02 Å². The van der Waals surface area contributed by atoms with Crippen LogP contribution in [0.15, 0.2) is 53.9 Å². The summed E-state index contributed by atoms with van der Waals surface area (Å²) in [6, 6.07) is 11.4. The number of thioether (sulfide) groups is 1. The zero-order chi connectivity index (χ0) is 20.9. The third-order valence-electron chi connectivity index (χ3n) is 4.77. The molecule has 7 nitrogen and oxygen atoms in total. The first kappa shape index (κ1) is 20.7. The van der Waals surface area contributed by atoms with Crippen molar-refractivity contribution in [2.75, 3.05) is 26.0 Å². The van der Waals surface area contributed by atoms with E-state index in [1.165, 1.54) is 11.8 Å². The lowest BCUT2D eigenvalue weighted by atomic mass is 10.2. The average molecular weight is 444 g/mol. The minimum Gasteiger partial charge on any atom is -0.492 e. The first-order chi connectivity index (χ1) is 14.6. The number of amides is 1. The molecule has 1 saturated carbocycles. The third kappa shape index (κ3) is 5.12. The van der Waals surface area contributed by atoms with Gasteiger partial charge in [-0.2, -0.15) is 0 Å². The van der Waals surface area contributed by atoms with Gasteiger partial charge in [0, 0.05) is 36.1 Å². The molecule has 1 aliphatic carbocycles. The number of rotatable bonds is 9. The van der Waals surface area contributed by atoms with Gasteiger partial charge >= 0.3 is 0 Å². The topological polar surface area (TPSA) is 73.1 Å². The van der Waals surface area contributed by atoms with Gasteiger partial charge in [-0.15, -0.1) is 10.2 Å². The number of carbonyl (C=O) groups is 1. The highest BCUT2D eigenvalue weighted by Crippen LogP contribution is 2.40. The number of likely N-dealkylation sites (N-methyl/N-ethyl adjacent to an activating group) is 1. The third-order valence-corrected chi connectivity index (χ3v) is 5.95. The van der Waals surface area contributed by atoms with Gasteiger partial charge in [-0.05, 0) is 49.2 Å². The maximum Gasteiger partial charge on any atom is 0.232 e. The number of carbonyl (C=O) groups excluding carboxylic acids is 1. The highest BCUT2D eigenvalue weighted by Gasteiger charge is 2.30. The van der Waals surface area contributed by atoms with Crippen molar-refractivity contribution >= 4 is 29.3 Å². The van der Waals surface area contributed by atoms with Crippen molar-refractivity contribution in [1.82, 2.24) is 24.6 Å². The molecule has 1 amide bonds. The lowest BCUT2D eigenvalue weighted by molar-refractivity contribution is -0.127. The predicted octanol–water partition coefficient (Wildman–Crippen LogP) is 3.96. The van der Waals surface area contributed by atoms with Crippen LogP contribution in [0.3, 0.4) is 0 Å². The first-order valence-corrected chi connectivity index (χ1v) is 11.1. The van der Waals surface area contributed by atoms with Crippen molar-refractivity contribution in [3.05, 3.63) is 53.8 Å². The monoisotopic (exact) mass is 443 g/mol. The van der Waals surface area contributed by atoms with E-state index in [4.69, 9.17) is 16.3 Å². The summed E-state index contributed by atoms with van der Waals surface area (Å²) in [4.78, 5) is 18.3. The van der Waals surface area contributed by atoms with Gasteiger partial charge < -0.3 is 9.64 Å². The summed E-state index contributed by atoms with van der Waals surface area (Å²) in [5.74, 6) is 1.89. The van der Waals surface area contributed by atoms with Crippen molar-refractivity contribution in [2.45, 2.75) is 24.0 Å². The van der Waals surface area contributed by atoms with E-state index in [1.807, 2.05) is 24.3 Å². The normalized spacial score (nSPS) is 13.3. The second-order valence-electron chi connectivity index (χ2n) is 7.05. The molecular weight excluding hydrogens is 422 g/mol. The summed E-state index contributed by atoms with van der Waals surface area (Å²) in [6.45, 7) is 0.915. The zero-order valence-electron chi connectivity index (χ0n) is 16.6.